The molecule has 0 aromatic heterocycles. The Kier molecular flexibility index (Phi) is 7.61. The zero-order valence-corrected chi connectivity index (χ0v) is 22.7. The van der Waals surface area contributed by atoms with E-state index in [1.54, 1.807) is 26.8 Å². The molecular weight excluding hydrogens is 458 g/mol. The molecule has 0 aliphatic carbocycles. The molecule has 186 valence electrons. The lowest BCUT2D eigenvalue weighted by Gasteiger charge is -2.37. The number of ether oxygens (including phenoxy) is 2. The number of nitrogens with one attached hydrogen (secondary N) is 1. The Bertz CT molecular complexity index is 1160. The molecule has 1 aliphatic rings. The van der Waals surface area contributed by atoms with Crippen LogP contribution in [0.15, 0.2) is 36.4 Å². The second-order valence-corrected chi connectivity index (χ2v) is 15.8. The van der Waals surface area contributed by atoms with Gasteiger partial charge in [0.1, 0.15) is 17.4 Å². The maximum Gasteiger partial charge on any atom is 0.411 e. The number of carbonyl (C=O) groups excluding carboxylic acids is 2. The first-order valence-corrected chi connectivity index (χ1v) is 15.4. The molecule has 0 saturated heterocycles. The number of nitrogens with zero attached hydrogens (tertiary/aromatic N) is 2. The summed E-state index contributed by atoms with van der Waals surface area (Å²) in [5, 5.41) is 13.7. The van der Waals surface area contributed by atoms with Crippen LogP contribution in [0.25, 0.3) is 0 Å². The molecule has 8 heteroatoms. The summed E-state index contributed by atoms with van der Waals surface area (Å²) in [5.41, 5.74) is 2.10. The number of hydrogen-bond donors (Lipinski definition) is 1. The summed E-state index contributed by atoms with van der Waals surface area (Å²) in [5.74, 6) is 0.377. The van der Waals surface area contributed by atoms with Gasteiger partial charge in [-0.15, -0.1) is 0 Å². The molecule has 0 saturated carbocycles. The van der Waals surface area contributed by atoms with Crippen molar-refractivity contribution in [2.24, 2.45) is 0 Å². The largest absolute Gasteiger partial charge is 0.494 e. The Morgan fingerprint density at radius 1 is 1.17 bits per heavy atom. The predicted octanol–water partition coefficient (Wildman–Crippen LogP) is 4.98. The zero-order valence-electron chi connectivity index (χ0n) is 21.7. The summed E-state index contributed by atoms with van der Waals surface area (Å²) in [4.78, 5) is 28.2. The highest BCUT2D eigenvalue weighted by Gasteiger charge is 2.38. The lowest BCUT2D eigenvalue weighted by molar-refractivity contribution is -0.121. The first-order valence-electron chi connectivity index (χ1n) is 11.9. The molecule has 1 unspecified atom stereocenters. The Balaban J connectivity index is 1.98. The van der Waals surface area contributed by atoms with Gasteiger partial charge in [-0.1, -0.05) is 31.8 Å². The fraction of sp³-hybridized carbons (Fsp3) is 0.444. The molecule has 2 amide bonds. The fourth-order valence-electron chi connectivity index (χ4n) is 4.24. The lowest BCUT2D eigenvalue weighted by atomic mass is 9.92. The number of hydrogen-bond acceptors (Lipinski definition) is 5. The number of benzene rings is 2. The second kappa shape index (κ2) is 10.1. The summed E-state index contributed by atoms with van der Waals surface area (Å²) >= 11 is 0. The maximum atomic E-state index is 13.6. The average molecular weight is 494 g/mol. The maximum absolute atomic E-state index is 13.6. The van der Waals surface area contributed by atoms with E-state index in [-0.39, 0.29) is 5.91 Å². The van der Waals surface area contributed by atoms with Gasteiger partial charge in [0.25, 0.3) is 5.91 Å². The molecule has 1 aliphatic heterocycles. The number of rotatable bonds is 5. The van der Waals surface area contributed by atoms with E-state index in [0.717, 1.165) is 22.1 Å². The van der Waals surface area contributed by atoms with E-state index in [1.165, 1.54) is 4.90 Å². The van der Waals surface area contributed by atoms with Gasteiger partial charge in [0.2, 0.25) is 0 Å². The predicted molar refractivity (Wildman–Crippen MR) is 140 cm³/mol. The van der Waals surface area contributed by atoms with Crippen LogP contribution >= 0.6 is 0 Å². The van der Waals surface area contributed by atoms with E-state index in [0.29, 0.717) is 30.8 Å². The Morgan fingerprint density at radius 3 is 2.49 bits per heavy atom. The van der Waals surface area contributed by atoms with Crippen molar-refractivity contribution in [2.75, 3.05) is 18.5 Å². The smallest absolute Gasteiger partial charge is 0.411 e. The number of nitriles is 1. The molecule has 35 heavy (non-hydrogen) atoms. The van der Waals surface area contributed by atoms with Crippen molar-refractivity contribution in [3.8, 4) is 11.8 Å². The molecule has 1 N–H and O–H groups in total. The minimum absolute atomic E-state index is 0.341. The summed E-state index contributed by atoms with van der Waals surface area (Å²) in [6.07, 6.45) is 0.0481. The van der Waals surface area contributed by atoms with Gasteiger partial charge in [0, 0.05) is 12.2 Å². The van der Waals surface area contributed by atoms with Crippen molar-refractivity contribution >= 4 is 30.9 Å². The quantitative estimate of drug-likeness (QED) is 0.594. The van der Waals surface area contributed by atoms with Gasteiger partial charge in [-0.3, -0.25) is 9.69 Å². The highest BCUT2D eigenvalue weighted by Crippen LogP contribution is 2.34. The van der Waals surface area contributed by atoms with E-state index in [4.69, 9.17) is 9.47 Å². The van der Waals surface area contributed by atoms with E-state index in [2.05, 4.69) is 31.0 Å². The van der Waals surface area contributed by atoms with Crippen LogP contribution in [0.5, 0.6) is 5.75 Å². The lowest BCUT2D eigenvalue weighted by Crippen LogP contribution is -2.47. The number of amides is 2. The standard InChI is InChI=1S/C27H35N3O4Si/c1-8-33-21-10-11-22-18(16-21)13-14-30(26(32)34-27(2,3)4)24(22)25(31)29-20-9-12-23(35(5,6)7)19(15-20)17-28/h9-12,15-16,24H,8,13-14H2,1-7H3,(H,29,31). The Morgan fingerprint density at radius 2 is 1.89 bits per heavy atom. The molecule has 2 aromatic carbocycles. The molecular formula is C27H35N3O4Si. The van der Waals surface area contributed by atoms with Crippen molar-refractivity contribution in [1.82, 2.24) is 4.90 Å². The van der Waals surface area contributed by atoms with Gasteiger partial charge in [-0.25, -0.2) is 4.79 Å². The molecule has 0 spiro atoms. The first-order chi connectivity index (χ1) is 16.3. The van der Waals surface area contributed by atoms with Crippen LogP contribution in [-0.4, -0.2) is 43.7 Å². The van der Waals surface area contributed by atoms with Gasteiger partial charge >= 0.3 is 6.09 Å². The van der Waals surface area contributed by atoms with Gasteiger partial charge in [-0.05, 0) is 74.7 Å². The Hall–Kier alpha value is -3.31. The number of fused-ring (bicyclic) bond motifs is 1. The Labute approximate surface area is 209 Å². The van der Waals surface area contributed by atoms with E-state index < -0.39 is 25.8 Å². The highest BCUT2D eigenvalue weighted by atomic mass is 28.3. The minimum atomic E-state index is -1.72. The van der Waals surface area contributed by atoms with Gasteiger partial charge < -0.3 is 14.8 Å². The highest BCUT2D eigenvalue weighted by molar-refractivity contribution is 6.89. The summed E-state index contributed by atoms with van der Waals surface area (Å²) in [7, 11) is -1.72. The van der Waals surface area contributed by atoms with Crippen molar-refractivity contribution < 1.29 is 19.1 Å². The van der Waals surface area contributed by atoms with Crippen LogP contribution < -0.4 is 15.2 Å². The first kappa shape index (κ1) is 26.3. The monoisotopic (exact) mass is 493 g/mol. The van der Waals surface area contributed by atoms with Crippen LogP contribution in [0.1, 0.15) is 50.4 Å². The van der Waals surface area contributed by atoms with Crippen molar-refractivity contribution in [3.05, 3.63) is 53.1 Å². The SMILES string of the molecule is CCOc1ccc2c(c1)CCN(C(=O)OC(C)(C)C)C2C(=O)Nc1ccc([Si](C)(C)C)c(C#N)c1. The van der Waals surface area contributed by atoms with Crippen molar-refractivity contribution in [3.63, 3.8) is 0 Å². The molecule has 1 atom stereocenters. The molecule has 7 nitrogen and oxygen atoms in total. The molecule has 0 radical (unpaired) electrons. The second-order valence-electron chi connectivity index (χ2n) is 10.7. The normalized spacial score (nSPS) is 15.6. The molecule has 1 heterocycles. The topological polar surface area (TPSA) is 91.7 Å². The molecule has 2 aromatic rings. The summed E-state index contributed by atoms with van der Waals surface area (Å²) in [6, 6.07) is 12.5. The number of carbonyl (C=O) groups is 2. The van der Waals surface area contributed by atoms with Crippen LogP contribution in [0.2, 0.25) is 19.6 Å². The fourth-order valence-corrected chi connectivity index (χ4v) is 5.76. The van der Waals surface area contributed by atoms with E-state index >= 15 is 0 Å². The third-order valence-electron chi connectivity index (χ3n) is 5.75. The van der Waals surface area contributed by atoms with Gasteiger partial charge in [0.15, 0.2) is 0 Å². The van der Waals surface area contributed by atoms with Gasteiger partial charge in [0.05, 0.1) is 26.3 Å². The van der Waals surface area contributed by atoms with Crippen LogP contribution in [0.3, 0.4) is 0 Å². The average Bonchev–Trinajstić information content (AvgIpc) is 2.76. The minimum Gasteiger partial charge on any atom is -0.494 e. The van der Waals surface area contributed by atoms with Crippen LogP contribution in [0, 0.1) is 11.3 Å². The van der Waals surface area contributed by atoms with E-state index in [1.807, 2.05) is 37.3 Å². The van der Waals surface area contributed by atoms with Crippen molar-refractivity contribution in [1.29, 1.82) is 5.26 Å². The molecule has 0 bridgehead atoms. The van der Waals surface area contributed by atoms with Crippen LogP contribution in [0.4, 0.5) is 10.5 Å². The number of anilines is 1. The van der Waals surface area contributed by atoms with Crippen molar-refractivity contribution in [2.45, 2.75) is 65.4 Å². The third kappa shape index (κ3) is 6.23. The van der Waals surface area contributed by atoms with E-state index in [9.17, 15) is 14.9 Å². The summed E-state index contributed by atoms with van der Waals surface area (Å²) in [6.45, 7) is 14.7. The molecule has 3 rings (SSSR count). The third-order valence-corrected chi connectivity index (χ3v) is 7.80. The zero-order chi connectivity index (χ0) is 26.0. The summed E-state index contributed by atoms with van der Waals surface area (Å²) < 4.78 is 11.3. The molecule has 0 fully saturated rings. The van der Waals surface area contributed by atoms with Crippen LogP contribution in [-0.2, 0) is 16.0 Å². The van der Waals surface area contributed by atoms with Gasteiger partial charge in [-0.2, -0.15) is 5.26 Å².